The number of hydrogen-bond donors (Lipinski definition) is 1. The second-order valence-corrected chi connectivity index (χ2v) is 6.97. The smallest absolute Gasteiger partial charge is 0.134 e. The van der Waals surface area contributed by atoms with Crippen LogP contribution in [0.3, 0.4) is 0 Å². The van der Waals surface area contributed by atoms with Gasteiger partial charge in [-0.2, -0.15) is 5.10 Å². The summed E-state index contributed by atoms with van der Waals surface area (Å²) >= 11 is 9.43. The molecule has 132 valence electrons. The van der Waals surface area contributed by atoms with Crippen LogP contribution in [0.4, 0.5) is 0 Å². The highest BCUT2D eigenvalue weighted by molar-refractivity contribution is 9.10. The lowest BCUT2D eigenvalue weighted by Gasteiger charge is -2.09. The zero-order valence-electron chi connectivity index (χ0n) is 14.0. The van der Waals surface area contributed by atoms with E-state index in [0.717, 1.165) is 31.9 Å². The number of halogens is 2. The quantitative estimate of drug-likeness (QED) is 0.380. The fourth-order valence-corrected chi connectivity index (χ4v) is 2.95. The van der Waals surface area contributed by atoms with Gasteiger partial charge >= 0.3 is 0 Å². The summed E-state index contributed by atoms with van der Waals surface area (Å²) in [7, 11) is 0. The first kappa shape index (κ1) is 18.5. The predicted octanol–water partition coefficient (Wildman–Crippen LogP) is 5.81. The highest BCUT2D eigenvalue weighted by atomic mass is 79.9. The van der Waals surface area contributed by atoms with Crippen molar-refractivity contribution in [3.05, 3.63) is 99.0 Å². The molecule has 0 bridgehead atoms. The van der Waals surface area contributed by atoms with Crippen LogP contribution < -0.4 is 10.2 Å². The van der Waals surface area contributed by atoms with E-state index in [1.807, 2.05) is 72.8 Å². The largest absolute Gasteiger partial charge is 0.488 e. The summed E-state index contributed by atoms with van der Waals surface area (Å²) < 4.78 is 6.75. The molecular formula is C21H18BrClN2O. The molecule has 0 aliphatic heterocycles. The summed E-state index contributed by atoms with van der Waals surface area (Å²) in [6, 6.07) is 23.7. The maximum absolute atomic E-state index is 5.87. The SMILES string of the molecule is Clc1ccc(CN/N=C\c2ccc(OCc3ccccc3)c(Br)c2)cc1. The molecule has 5 heteroatoms. The van der Waals surface area contributed by atoms with Crippen LogP contribution in [0.15, 0.2) is 82.4 Å². The third kappa shape index (κ3) is 5.61. The number of ether oxygens (including phenoxy) is 1. The number of nitrogens with zero attached hydrogens (tertiary/aromatic N) is 1. The lowest BCUT2D eigenvalue weighted by Crippen LogP contribution is -2.05. The summed E-state index contributed by atoms with van der Waals surface area (Å²) in [6.45, 7) is 1.18. The Bertz CT molecular complexity index is 867. The normalized spacial score (nSPS) is 10.8. The first-order valence-corrected chi connectivity index (χ1v) is 9.34. The lowest BCUT2D eigenvalue weighted by molar-refractivity contribution is 0.304. The van der Waals surface area contributed by atoms with E-state index in [9.17, 15) is 0 Å². The Kier molecular flexibility index (Phi) is 6.69. The third-order valence-corrected chi connectivity index (χ3v) is 4.57. The van der Waals surface area contributed by atoms with Gasteiger partial charge in [0.2, 0.25) is 0 Å². The first-order valence-electron chi connectivity index (χ1n) is 8.17. The van der Waals surface area contributed by atoms with Gasteiger partial charge in [0.15, 0.2) is 0 Å². The molecule has 0 amide bonds. The Morgan fingerprint density at radius 1 is 0.962 bits per heavy atom. The Morgan fingerprint density at radius 2 is 1.73 bits per heavy atom. The zero-order chi connectivity index (χ0) is 18.2. The molecular weight excluding hydrogens is 412 g/mol. The number of benzene rings is 3. The molecule has 0 heterocycles. The molecule has 0 spiro atoms. The molecule has 26 heavy (non-hydrogen) atoms. The van der Waals surface area contributed by atoms with E-state index in [2.05, 4.69) is 26.5 Å². The Hall–Kier alpha value is -2.30. The summed E-state index contributed by atoms with van der Waals surface area (Å²) in [5.74, 6) is 0.806. The molecule has 0 aliphatic carbocycles. The van der Waals surface area contributed by atoms with Gasteiger partial charge in [0.25, 0.3) is 0 Å². The van der Waals surface area contributed by atoms with Crippen LogP contribution in [0.2, 0.25) is 5.02 Å². The molecule has 0 saturated heterocycles. The summed E-state index contributed by atoms with van der Waals surface area (Å²) in [5, 5.41) is 4.99. The first-order chi connectivity index (χ1) is 12.7. The second-order valence-electron chi connectivity index (χ2n) is 5.68. The third-order valence-electron chi connectivity index (χ3n) is 3.69. The van der Waals surface area contributed by atoms with Crippen molar-refractivity contribution in [1.82, 2.24) is 5.43 Å². The molecule has 0 unspecified atom stereocenters. The summed E-state index contributed by atoms with van der Waals surface area (Å²) in [5.41, 5.74) is 6.27. The van der Waals surface area contributed by atoms with Crippen molar-refractivity contribution in [2.24, 2.45) is 5.10 Å². The van der Waals surface area contributed by atoms with Crippen LogP contribution >= 0.6 is 27.5 Å². The molecule has 1 N–H and O–H groups in total. The van der Waals surface area contributed by atoms with E-state index >= 15 is 0 Å². The maximum atomic E-state index is 5.87. The summed E-state index contributed by atoms with van der Waals surface area (Å²) in [6.07, 6.45) is 1.78. The lowest BCUT2D eigenvalue weighted by atomic mass is 10.2. The molecule has 0 aliphatic rings. The highest BCUT2D eigenvalue weighted by Crippen LogP contribution is 2.26. The fourth-order valence-electron chi connectivity index (χ4n) is 2.31. The molecule has 0 radical (unpaired) electrons. The number of nitrogens with one attached hydrogen (secondary N) is 1. The Balaban J connectivity index is 1.52. The minimum absolute atomic E-state index is 0.537. The van der Waals surface area contributed by atoms with Crippen molar-refractivity contribution in [3.63, 3.8) is 0 Å². The average molecular weight is 430 g/mol. The molecule has 3 nitrogen and oxygen atoms in total. The summed E-state index contributed by atoms with van der Waals surface area (Å²) in [4.78, 5) is 0. The Morgan fingerprint density at radius 3 is 2.46 bits per heavy atom. The fraction of sp³-hybridized carbons (Fsp3) is 0.0952. The number of rotatable bonds is 7. The van der Waals surface area contributed by atoms with Gasteiger partial charge in [0, 0.05) is 5.02 Å². The van der Waals surface area contributed by atoms with Gasteiger partial charge < -0.3 is 10.2 Å². The van der Waals surface area contributed by atoms with Crippen molar-refractivity contribution in [2.45, 2.75) is 13.2 Å². The van der Waals surface area contributed by atoms with Gasteiger partial charge in [-0.3, -0.25) is 0 Å². The van der Waals surface area contributed by atoms with E-state index in [0.29, 0.717) is 13.2 Å². The second kappa shape index (κ2) is 9.41. The van der Waals surface area contributed by atoms with Crippen LogP contribution in [-0.4, -0.2) is 6.21 Å². The van der Waals surface area contributed by atoms with Crippen LogP contribution in [0.5, 0.6) is 5.75 Å². The minimum Gasteiger partial charge on any atom is -0.488 e. The molecule has 3 aromatic rings. The molecule has 0 fully saturated rings. The average Bonchev–Trinajstić information content (AvgIpc) is 2.67. The molecule has 3 rings (SSSR count). The van der Waals surface area contributed by atoms with Gasteiger partial charge in [0.05, 0.1) is 17.2 Å². The predicted molar refractivity (Wildman–Crippen MR) is 111 cm³/mol. The van der Waals surface area contributed by atoms with Gasteiger partial charge in [-0.1, -0.05) is 54.1 Å². The standard InChI is InChI=1S/C21H18BrClN2O/c22-20-12-18(14-25-24-13-16-6-9-19(23)10-7-16)8-11-21(20)26-15-17-4-2-1-3-5-17/h1-12,14,24H,13,15H2/b25-14-. The molecule has 0 saturated carbocycles. The highest BCUT2D eigenvalue weighted by Gasteiger charge is 2.02. The van der Waals surface area contributed by atoms with Gasteiger partial charge in [-0.05, 0) is 63.0 Å². The maximum Gasteiger partial charge on any atom is 0.134 e. The van der Waals surface area contributed by atoms with Gasteiger partial charge in [0.1, 0.15) is 12.4 Å². The van der Waals surface area contributed by atoms with E-state index < -0.39 is 0 Å². The number of hydrogen-bond acceptors (Lipinski definition) is 3. The topological polar surface area (TPSA) is 33.6 Å². The van der Waals surface area contributed by atoms with Crippen LogP contribution in [0, 0.1) is 0 Å². The van der Waals surface area contributed by atoms with E-state index in [1.165, 1.54) is 0 Å². The van der Waals surface area contributed by atoms with Crippen molar-refractivity contribution >= 4 is 33.7 Å². The molecule has 0 atom stereocenters. The minimum atomic E-state index is 0.537. The van der Waals surface area contributed by atoms with Gasteiger partial charge in [-0.15, -0.1) is 0 Å². The zero-order valence-corrected chi connectivity index (χ0v) is 16.4. The van der Waals surface area contributed by atoms with Crippen molar-refractivity contribution in [3.8, 4) is 5.75 Å². The van der Waals surface area contributed by atoms with Crippen LogP contribution in [0.25, 0.3) is 0 Å². The van der Waals surface area contributed by atoms with E-state index in [-0.39, 0.29) is 0 Å². The Labute approximate surface area is 166 Å². The van der Waals surface area contributed by atoms with Crippen LogP contribution in [-0.2, 0) is 13.2 Å². The van der Waals surface area contributed by atoms with Crippen LogP contribution in [0.1, 0.15) is 16.7 Å². The van der Waals surface area contributed by atoms with E-state index in [1.54, 1.807) is 6.21 Å². The van der Waals surface area contributed by atoms with Crippen molar-refractivity contribution < 1.29 is 4.74 Å². The molecule has 3 aromatic carbocycles. The number of hydrazone groups is 1. The van der Waals surface area contributed by atoms with E-state index in [4.69, 9.17) is 16.3 Å². The molecule has 0 aromatic heterocycles. The monoisotopic (exact) mass is 428 g/mol. The van der Waals surface area contributed by atoms with Crippen molar-refractivity contribution in [2.75, 3.05) is 0 Å². The van der Waals surface area contributed by atoms with Gasteiger partial charge in [-0.25, -0.2) is 0 Å². The van der Waals surface area contributed by atoms with Crippen molar-refractivity contribution in [1.29, 1.82) is 0 Å².